The molecule has 0 bridgehead atoms. The summed E-state index contributed by atoms with van der Waals surface area (Å²) >= 11 is 0. The number of nitrogens with zero attached hydrogens (tertiary/aromatic N) is 13. The van der Waals surface area contributed by atoms with Crippen LogP contribution in [0, 0.1) is 90.8 Å². The number of carboxylic acids is 3. The molecule has 4 N–H and O–H groups in total. The number of halogens is 4. The van der Waals surface area contributed by atoms with E-state index in [-0.39, 0.29) is 63.3 Å². The first-order valence-electron chi connectivity index (χ1n) is 43.0. The third-order valence-electron chi connectivity index (χ3n) is 21.3. The van der Waals surface area contributed by atoms with E-state index in [0.717, 1.165) is 124 Å². The van der Waals surface area contributed by atoms with Gasteiger partial charge in [0, 0.05) is 75.4 Å². The van der Waals surface area contributed by atoms with E-state index < -0.39 is 35.2 Å². The maximum atomic E-state index is 14.8. The molecular formula is C103H111F4N13O10. The maximum absolute atomic E-state index is 14.8. The van der Waals surface area contributed by atoms with Gasteiger partial charge in [-0.15, -0.1) is 0 Å². The molecule has 0 aliphatic carbocycles. The Kier molecular flexibility index (Phi) is 34.0. The zero-order valence-electron chi connectivity index (χ0n) is 76.1. The van der Waals surface area contributed by atoms with E-state index in [1.54, 1.807) is 57.7 Å². The largest absolute Gasteiger partial charge is 0.490 e. The minimum atomic E-state index is -4.48. The predicted octanol–water partition coefficient (Wildman–Crippen LogP) is 21.7. The van der Waals surface area contributed by atoms with Crippen LogP contribution in [0.5, 0.6) is 17.2 Å². The number of benzene rings is 7. The van der Waals surface area contributed by atoms with Crippen LogP contribution < -0.4 is 28.9 Å². The fraction of sp³-hybridized carbons (Fsp3) is 0.330. The number of carbonyl (C=O) groups is 3. The summed E-state index contributed by atoms with van der Waals surface area (Å²) < 4.78 is 72.8. The summed E-state index contributed by atoms with van der Waals surface area (Å²) in [6.07, 6.45) is 5.99. The molecule has 0 saturated carbocycles. The molecule has 12 rings (SSSR count). The molecule has 0 aliphatic heterocycles. The van der Waals surface area contributed by atoms with Crippen molar-refractivity contribution in [1.29, 1.82) is 10.5 Å². The molecule has 0 saturated heterocycles. The molecule has 27 heteroatoms. The lowest BCUT2D eigenvalue weighted by Crippen LogP contribution is -2.25. The summed E-state index contributed by atoms with van der Waals surface area (Å²) in [6.45, 7) is 32.1. The zero-order chi connectivity index (χ0) is 94.3. The summed E-state index contributed by atoms with van der Waals surface area (Å²) in [6, 6.07) is 50.2. The van der Waals surface area contributed by atoms with E-state index in [9.17, 15) is 47.6 Å². The van der Waals surface area contributed by atoms with Crippen molar-refractivity contribution in [3.63, 3.8) is 0 Å². The number of aryl methyl sites for hydroxylation is 9. The third-order valence-corrected chi connectivity index (χ3v) is 21.3. The van der Waals surface area contributed by atoms with Crippen LogP contribution in [0.4, 0.5) is 35.4 Å². The highest BCUT2D eigenvalue weighted by molar-refractivity contribution is 5.74. The van der Waals surface area contributed by atoms with Gasteiger partial charge >= 0.3 is 24.1 Å². The number of anilines is 3. The number of hydrogen-bond acceptors (Lipinski definition) is 20. The number of nitriles is 2. The monoisotopic (exact) mass is 1770 g/mol. The van der Waals surface area contributed by atoms with Gasteiger partial charge in [-0.25, -0.2) is 39.3 Å². The van der Waals surface area contributed by atoms with E-state index in [1.807, 2.05) is 163 Å². The van der Waals surface area contributed by atoms with Crippen LogP contribution in [0.25, 0.3) is 33.6 Å². The first-order chi connectivity index (χ1) is 61.7. The average Bonchev–Trinajstić information content (AvgIpc) is 0.795. The molecule has 23 nitrogen and oxygen atoms in total. The second-order valence-corrected chi connectivity index (χ2v) is 33.9. The lowest BCUT2D eigenvalue weighted by Gasteiger charge is -2.25. The molecule has 0 amide bonds. The zero-order valence-corrected chi connectivity index (χ0v) is 76.1. The first kappa shape index (κ1) is 98.1. The first-order valence-corrected chi connectivity index (χ1v) is 43.0. The van der Waals surface area contributed by atoms with E-state index in [4.69, 9.17) is 39.5 Å². The standard InChI is InChI=1S/C35H37FN4O3.C34H37F3N4O3.C34H37N5O4/c1-22(2)31-16-32(25(5)14-33(31)36)30-9-8-23(3)13-28(30)21-40(20-27-12-24(4)11-26(15-27)17-37)35-38-18-29(19-39-35)43-10-6-7-34(41)42;1-21(2)30-11-9-24(5)32(40-30)29-10-8-22(3)14-26(29)20-41(19-25-13-23(4)15-27(16-25)34(35,36)37)33-38-17-28(18-39-33)44-12-6-7-31(42)43;1-22-8-10-29(32-24(3)9-11-30(38-32)34(4,5)42)27(15-22)21-39(20-26-14-23(2)13-25(16-26)17-35)33-36-18-28(19-37-33)43-12-6-7-31(40)41/h8-9,11-16,18-19,22H,6-7,10,20-21H2,1-5H3,(H,41,42);8-11,13-18,21H,6-7,12,19-20H2,1-5H3,(H,42,43);8-11,13-16,18-19,42H,6-7,12,20-21H2,1-5H3,(H,40,41). The van der Waals surface area contributed by atoms with E-state index in [1.165, 1.54) is 12.4 Å². The molecule has 7 aromatic carbocycles. The Morgan fingerprint density at radius 2 is 0.785 bits per heavy atom. The number of carboxylic acid groups (broad SMARTS) is 3. The lowest BCUT2D eigenvalue weighted by atomic mass is 9.90. The van der Waals surface area contributed by atoms with E-state index >= 15 is 0 Å². The van der Waals surface area contributed by atoms with Crippen LogP contribution in [0.2, 0.25) is 0 Å². The number of rotatable bonds is 36. The second-order valence-electron chi connectivity index (χ2n) is 33.9. The molecule has 0 fully saturated rings. The van der Waals surface area contributed by atoms with Crippen LogP contribution in [0.3, 0.4) is 0 Å². The van der Waals surface area contributed by atoms with Crippen molar-refractivity contribution < 1.29 is 66.6 Å². The van der Waals surface area contributed by atoms with Gasteiger partial charge in [0.05, 0.1) is 103 Å². The van der Waals surface area contributed by atoms with Gasteiger partial charge in [0.2, 0.25) is 17.8 Å². The Balaban J connectivity index is 0.000000203. The fourth-order valence-electron chi connectivity index (χ4n) is 14.9. The van der Waals surface area contributed by atoms with Crippen molar-refractivity contribution in [2.75, 3.05) is 34.5 Å². The van der Waals surface area contributed by atoms with Crippen molar-refractivity contribution in [3.05, 3.63) is 306 Å². The fourth-order valence-corrected chi connectivity index (χ4v) is 14.9. The average molecular weight is 1770 g/mol. The normalized spacial score (nSPS) is 11.2. The van der Waals surface area contributed by atoms with E-state index in [0.29, 0.717) is 121 Å². The Morgan fingerprint density at radius 3 is 1.15 bits per heavy atom. The number of ether oxygens (including phenoxy) is 3. The minimum Gasteiger partial charge on any atom is -0.490 e. The highest BCUT2D eigenvalue weighted by Gasteiger charge is 2.32. The Morgan fingerprint density at radius 1 is 0.415 bits per heavy atom. The van der Waals surface area contributed by atoms with Crippen molar-refractivity contribution in [3.8, 4) is 63.0 Å². The molecule has 12 aromatic rings. The minimum absolute atomic E-state index is 0.0175. The molecule has 0 unspecified atom stereocenters. The van der Waals surface area contributed by atoms with Gasteiger partial charge in [-0.2, -0.15) is 23.7 Å². The highest BCUT2D eigenvalue weighted by atomic mass is 19.4. The van der Waals surface area contributed by atoms with Gasteiger partial charge in [-0.05, 0) is 246 Å². The predicted molar refractivity (Wildman–Crippen MR) is 494 cm³/mol. The lowest BCUT2D eigenvalue weighted by molar-refractivity contribution is -0.138. The summed E-state index contributed by atoms with van der Waals surface area (Å²) in [7, 11) is 0. The van der Waals surface area contributed by atoms with Crippen LogP contribution in [-0.2, 0) is 65.4 Å². The number of hydrogen-bond donors (Lipinski definition) is 4. The van der Waals surface area contributed by atoms with Crippen molar-refractivity contribution in [2.24, 2.45) is 0 Å². The molecule has 676 valence electrons. The Bertz CT molecular complexity index is 6050. The number of aliphatic hydroxyl groups is 1. The second kappa shape index (κ2) is 45.1. The highest BCUT2D eigenvalue weighted by Crippen LogP contribution is 2.38. The topological polar surface area (TPSA) is 320 Å². The molecule has 5 aromatic heterocycles. The summed E-state index contributed by atoms with van der Waals surface area (Å²) in [5, 5.41) is 56.3. The van der Waals surface area contributed by atoms with Gasteiger partial charge in [0.15, 0.2) is 17.2 Å². The molecule has 0 aliphatic rings. The van der Waals surface area contributed by atoms with Crippen LogP contribution >= 0.6 is 0 Å². The smallest absolute Gasteiger partial charge is 0.416 e. The molecule has 0 atom stereocenters. The van der Waals surface area contributed by atoms with Crippen molar-refractivity contribution in [1.82, 2.24) is 39.9 Å². The molecule has 0 radical (unpaired) electrons. The molecular weight excluding hydrogens is 1660 g/mol. The number of aliphatic carboxylic acids is 3. The summed E-state index contributed by atoms with van der Waals surface area (Å²) in [5.74, 6) is -0.0171. The van der Waals surface area contributed by atoms with Gasteiger partial charge in [-0.3, -0.25) is 19.4 Å². The van der Waals surface area contributed by atoms with Crippen molar-refractivity contribution >= 4 is 35.8 Å². The number of alkyl halides is 3. The number of pyridine rings is 2. The summed E-state index contributed by atoms with van der Waals surface area (Å²) in [4.78, 5) is 75.5. The SMILES string of the molecule is Cc1cc(C#N)cc(CN(Cc2cc(C)ccc2-c2cc(C(C)C)c(F)cc2C)c2ncc(OCCCC(=O)O)cn2)c1.Cc1cc(C#N)cc(CN(Cc2cc(C)ccc2-c2nc(C(C)(C)O)ccc2C)c2ncc(OCCCC(=O)O)cn2)c1.Cc1cc(CN(Cc2cc(C)ccc2-c2nc(C(C)C)ccc2C)c2ncc(OCCCC(=O)O)cn2)cc(C(F)(F)F)c1. The van der Waals surface area contributed by atoms with Crippen LogP contribution in [0.1, 0.15) is 209 Å². The Hall–Kier alpha value is -14.1. The molecule has 0 spiro atoms. The maximum Gasteiger partial charge on any atom is 0.416 e. The third kappa shape index (κ3) is 28.5. The molecule has 130 heavy (non-hydrogen) atoms. The van der Waals surface area contributed by atoms with Gasteiger partial charge in [0.25, 0.3) is 0 Å². The van der Waals surface area contributed by atoms with Crippen molar-refractivity contribution in [2.45, 2.75) is 205 Å². The quantitative estimate of drug-likeness (QED) is 0.0209. The number of aromatic nitrogens is 8. The van der Waals surface area contributed by atoms with Crippen LogP contribution in [0.15, 0.2) is 183 Å². The van der Waals surface area contributed by atoms with Gasteiger partial charge in [-0.1, -0.05) is 135 Å². The van der Waals surface area contributed by atoms with Gasteiger partial charge in [0.1, 0.15) is 11.4 Å². The van der Waals surface area contributed by atoms with E-state index in [2.05, 4.69) is 98.4 Å². The Labute approximate surface area is 757 Å². The van der Waals surface area contributed by atoms with Gasteiger partial charge < -0.3 is 49.3 Å². The van der Waals surface area contributed by atoms with Crippen LogP contribution in [-0.4, -0.2) is 98.0 Å². The summed E-state index contributed by atoms with van der Waals surface area (Å²) in [5.41, 5.74) is 21.0. The molecule has 5 heterocycles.